The summed E-state index contributed by atoms with van der Waals surface area (Å²) < 4.78 is 5.55. The molecular formula is C11H14IN5O2S2. The summed E-state index contributed by atoms with van der Waals surface area (Å²) >= 11 is 2.73. The Kier molecular flexibility index (Phi) is 6.98. The maximum Gasteiger partial charge on any atom is 0.312 e. The Labute approximate surface area is 146 Å². The van der Waals surface area contributed by atoms with Crippen molar-refractivity contribution in [2.45, 2.75) is 6.54 Å². The number of aromatic nitrogens is 1. The van der Waals surface area contributed by atoms with E-state index in [1.807, 2.05) is 11.6 Å². The van der Waals surface area contributed by atoms with Crippen LogP contribution in [0.15, 0.2) is 26.9 Å². The van der Waals surface area contributed by atoms with E-state index in [2.05, 4.69) is 15.3 Å². The molecule has 2 rings (SSSR count). The summed E-state index contributed by atoms with van der Waals surface area (Å²) in [6, 6.07) is 2.93. The van der Waals surface area contributed by atoms with Crippen molar-refractivity contribution >= 4 is 63.4 Å². The lowest BCUT2D eigenvalue weighted by Crippen LogP contribution is -2.28. The Morgan fingerprint density at radius 2 is 2.29 bits per heavy atom. The molecule has 114 valence electrons. The number of hydrogen-bond acceptors (Lipinski definition) is 6. The number of amidine groups is 1. The van der Waals surface area contributed by atoms with Gasteiger partial charge in [-0.25, -0.2) is 9.78 Å². The number of primary amides is 1. The summed E-state index contributed by atoms with van der Waals surface area (Å²) in [5.41, 5.74) is 11.3. The number of nitrogens with two attached hydrogens (primary N) is 2. The average Bonchev–Trinajstić information content (AvgIpc) is 3.04. The van der Waals surface area contributed by atoms with Gasteiger partial charge in [0.1, 0.15) is 11.5 Å². The second-order valence-electron chi connectivity index (χ2n) is 3.65. The summed E-state index contributed by atoms with van der Waals surface area (Å²) in [7, 11) is 0. The van der Waals surface area contributed by atoms with Crippen LogP contribution in [0.25, 0.3) is 11.5 Å². The molecule has 0 radical (unpaired) electrons. The van der Waals surface area contributed by atoms with E-state index in [0.717, 1.165) is 0 Å². The fraction of sp³-hybridized carbons (Fsp3) is 0.182. The minimum Gasteiger partial charge on any atom is -0.458 e. The molecule has 0 unspecified atom stereocenters. The fourth-order valence-electron chi connectivity index (χ4n) is 1.35. The van der Waals surface area contributed by atoms with Gasteiger partial charge >= 0.3 is 6.03 Å². The zero-order chi connectivity index (χ0) is 14.5. The lowest BCUT2D eigenvalue weighted by molar-refractivity contribution is 0.247. The molecular weight excluding hydrogens is 425 g/mol. The first kappa shape index (κ1) is 17.8. The maximum atomic E-state index is 10.6. The maximum absolute atomic E-state index is 10.6. The van der Waals surface area contributed by atoms with Crippen LogP contribution < -0.4 is 16.8 Å². The van der Waals surface area contributed by atoms with E-state index in [-0.39, 0.29) is 30.5 Å². The average molecular weight is 439 g/mol. The summed E-state index contributed by atoms with van der Waals surface area (Å²) in [5.74, 6) is 1.20. The van der Waals surface area contributed by atoms with Gasteiger partial charge in [-0.15, -0.1) is 35.3 Å². The number of rotatable bonds is 4. The lowest BCUT2D eigenvalue weighted by Gasteiger charge is -1.96. The number of thiazole rings is 1. The van der Waals surface area contributed by atoms with Gasteiger partial charge in [0.25, 0.3) is 0 Å². The van der Waals surface area contributed by atoms with Gasteiger partial charge in [-0.05, 0) is 18.4 Å². The highest BCUT2D eigenvalue weighted by Gasteiger charge is 2.09. The number of thioether (sulfide) groups is 1. The van der Waals surface area contributed by atoms with Gasteiger partial charge < -0.3 is 21.2 Å². The number of halogens is 1. The van der Waals surface area contributed by atoms with Gasteiger partial charge in [0, 0.05) is 5.38 Å². The molecule has 10 heteroatoms. The molecule has 0 saturated heterocycles. The summed E-state index contributed by atoms with van der Waals surface area (Å²) in [6.45, 7) is 0.240. The number of nitrogens with one attached hydrogen (secondary N) is 1. The standard InChI is InChI=1S/C11H13N5O2S2.HI/c1-19-10(13)16-11-15-7(5-20-11)8-3-2-6(18-8)4-14-9(12)17;/h2-3,5H,4H2,1H3,(H3,12,14,17)(H2,13,15,16);1H. The fourth-order valence-corrected chi connectivity index (χ4v) is 2.28. The smallest absolute Gasteiger partial charge is 0.312 e. The summed E-state index contributed by atoms with van der Waals surface area (Å²) in [6.07, 6.45) is 1.85. The molecule has 0 aromatic carbocycles. The molecule has 0 aliphatic carbocycles. The number of hydrogen-bond donors (Lipinski definition) is 3. The van der Waals surface area contributed by atoms with Crippen molar-refractivity contribution in [2.75, 3.05) is 6.26 Å². The molecule has 7 nitrogen and oxygen atoms in total. The molecule has 2 amide bonds. The van der Waals surface area contributed by atoms with Crippen LogP contribution in [0, 0.1) is 0 Å². The molecule has 0 bridgehead atoms. The molecule has 0 fully saturated rings. The molecule has 0 aliphatic heterocycles. The molecule has 5 N–H and O–H groups in total. The third-order valence-electron chi connectivity index (χ3n) is 2.26. The minimum absolute atomic E-state index is 0. The van der Waals surface area contributed by atoms with Crippen molar-refractivity contribution in [1.29, 1.82) is 0 Å². The van der Waals surface area contributed by atoms with Crippen molar-refractivity contribution in [1.82, 2.24) is 10.3 Å². The van der Waals surface area contributed by atoms with E-state index in [9.17, 15) is 4.79 Å². The Morgan fingerprint density at radius 1 is 1.52 bits per heavy atom. The first-order chi connectivity index (χ1) is 9.58. The van der Waals surface area contributed by atoms with Gasteiger partial charge in [0.05, 0.1) is 6.54 Å². The van der Waals surface area contributed by atoms with Crippen LogP contribution in [-0.2, 0) is 6.54 Å². The van der Waals surface area contributed by atoms with Gasteiger partial charge in [-0.3, -0.25) is 0 Å². The monoisotopic (exact) mass is 439 g/mol. The van der Waals surface area contributed by atoms with Crippen molar-refractivity contribution < 1.29 is 9.21 Å². The molecule has 0 spiro atoms. The first-order valence-corrected chi connectivity index (χ1v) is 7.65. The zero-order valence-corrected chi connectivity index (χ0v) is 15.0. The molecule has 2 heterocycles. The predicted octanol–water partition coefficient (Wildman–Crippen LogP) is 2.50. The number of aliphatic imine (C=N–C) groups is 1. The minimum atomic E-state index is -0.597. The van der Waals surface area contributed by atoms with Crippen molar-refractivity contribution in [3.63, 3.8) is 0 Å². The van der Waals surface area contributed by atoms with E-state index in [0.29, 0.717) is 27.5 Å². The molecule has 0 aliphatic rings. The number of furan rings is 1. The Hall–Kier alpha value is -1.27. The highest BCUT2D eigenvalue weighted by molar-refractivity contribution is 14.0. The Morgan fingerprint density at radius 3 is 2.95 bits per heavy atom. The Balaban J connectivity index is 0.00000220. The third kappa shape index (κ3) is 5.21. The molecule has 2 aromatic heterocycles. The van der Waals surface area contributed by atoms with Crippen LogP contribution in [0.4, 0.5) is 9.93 Å². The number of urea groups is 1. The molecule has 2 aromatic rings. The highest BCUT2D eigenvalue weighted by Crippen LogP contribution is 2.28. The van der Waals surface area contributed by atoms with E-state index in [1.54, 1.807) is 12.1 Å². The van der Waals surface area contributed by atoms with Crippen LogP contribution in [-0.4, -0.2) is 22.4 Å². The van der Waals surface area contributed by atoms with E-state index in [4.69, 9.17) is 15.9 Å². The molecule has 0 atom stereocenters. The van der Waals surface area contributed by atoms with E-state index < -0.39 is 6.03 Å². The summed E-state index contributed by atoms with van der Waals surface area (Å²) in [4.78, 5) is 19.1. The van der Waals surface area contributed by atoms with E-state index in [1.165, 1.54) is 23.1 Å². The normalized spacial score (nSPS) is 11.0. The second-order valence-corrected chi connectivity index (χ2v) is 5.32. The van der Waals surface area contributed by atoms with Crippen LogP contribution in [0.1, 0.15) is 5.76 Å². The van der Waals surface area contributed by atoms with Crippen LogP contribution in [0.5, 0.6) is 0 Å². The quantitative estimate of drug-likeness (QED) is 0.384. The SMILES string of the molecule is CSC(N)=Nc1nc(-c2ccc(CNC(N)=O)o2)cs1.I. The first-order valence-electron chi connectivity index (χ1n) is 5.54. The Bertz CT molecular complexity index is 640. The number of carbonyl (C=O) groups is 1. The number of nitrogens with zero attached hydrogens (tertiary/aromatic N) is 2. The largest absolute Gasteiger partial charge is 0.458 e. The van der Waals surface area contributed by atoms with Gasteiger partial charge in [0.2, 0.25) is 5.13 Å². The van der Waals surface area contributed by atoms with Gasteiger partial charge in [-0.2, -0.15) is 4.99 Å². The van der Waals surface area contributed by atoms with Crippen molar-refractivity contribution in [3.05, 3.63) is 23.3 Å². The van der Waals surface area contributed by atoms with Crippen LogP contribution in [0.3, 0.4) is 0 Å². The van der Waals surface area contributed by atoms with Gasteiger partial charge in [-0.1, -0.05) is 11.8 Å². The molecule has 0 saturated carbocycles. The number of amides is 2. The molecule has 21 heavy (non-hydrogen) atoms. The second kappa shape index (κ2) is 8.24. The third-order valence-corrected chi connectivity index (χ3v) is 3.50. The summed E-state index contributed by atoms with van der Waals surface area (Å²) in [5, 5.41) is 5.31. The van der Waals surface area contributed by atoms with Crippen molar-refractivity contribution in [3.8, 4) is 11.5 Å². The lowest BCUT2D eigenvalue weighted by atomic mass is 10.3. The van der Waals surface area contributed by atoms with Crippen LogP contribution >= 0.6 is 47.1 Å². The topological polar surface area (TPSA) is 120 Å². The van der Waals surface area contributed by atoms with Crippen molar-refractivity contribution in [2.24, 2.45) is 16.5 Å². The highest BCUT2D eigenvalue weighted by atomic mass is 127. The zero-order valence-electron chi connectivity index (χ0n) is 11.0. The number of carbonyl (C=O) groups excluding carboxylic acids is 1. The van der Waals surface area contributed by atoms with Crippen LogP contribution in [0.2, 0.25) is 0 Å². The predicted molar refractivity (Wildman–Crippen MR) is 96.5 cm³/mol. The van der Waals surface area contributed by atoms with E-state index >= 15 is 0 Å². The van der Waals surface area contributed by atoms with Gasteiger partial charge in [0.15, 0.2) is 10.9 Å².